The van der Waals surface area contributed by atoms with Crippen molar-refractivity contribution in [2.45, 2.75) is 42.6 Å². The van der Waals surface area contributed by atoms with Crippen molar-refractivity contribution in [1.29, 1.82) is 0 Å². The molecule has 1 aliphatic rings. The Morgan fingerprint density at radius 1 is 0.957 bits per heavy atom. The van der Waals surface area contributed by atoms with Gasteiger partial charge in [-0.1, -0.05) is 0 Å². The van der Waals surface area contributed by atoms with E-state index >= 15 is 0 Å². The summed E-state index contributed by atoms with van der Waals surface area (Å²) in [6.45, 7) is 0.452. The van der Waals surface area contributed by atoms with E-state index in [0.29, 0.717) is 12.3 Å². The Kier molecular flexibility index (Phi) is 7.13. The first-order valence-electron chi connectivity index (χ1n) is 7.26. The molecule has 9 N–H and O–H groups in total. The third-order valence-electron chi connectivity index (χ3n) is 3.57. The largest absolute Gasteiger partial charge is 0.370 e. The number of Topliss-reactive ketones (excluding diaryl/α,β-unsaturated/α-hetero) is 2. The number of hydrogen-bond donors (Lipinski definition) is 5. The Morgan fingerprint density at radius 2 is 1.39 bits per heavy atom. The van der Waals surface area contributed by atoms with Crippen LogP contribution in [0.15, 0.2) is 0 Å². The maximum Gasteiger partial charge on any atom is 0.217 e. The smallest absolute Gasteiger partial charge is 0.217 e. The number of amides is 2. The molecule has 0 aliphatic carbocycles. The van der Waals surface area contributed by atoms with Crippen LogP contribution in [0.1, 0.15) is 25.7 Å². The lowest BCUT2D eigenvalue weighted by Crippen LogP contribution is -2.62. The van der Waals surface area contributed by atoms with E-state index in [9.17, 15) is 19.2 Å². The van der Waals surface area contributed by atoms with E-state index in [1.807, 2.05) is 0 Å². The van der Waals surface area contributed by atoms with Gasteiger partial charge in [0.25, 0.3) is 0 Å². The van der Waals surface area contributed by atoms with Crippen molar-refractivity contribution in [2.24, 2.45) is 22.9 Å². The standard InChI is InChI=1S/C13H23N5O4S/c14-7(1-3-9(16)19)11(21)13(18-5-6-23-13)12(22)8(15)2-4-10(17)20/h7-8,18H,1-6,14-15H2,(H2,16,19)(H2,17,20)/t7-,8-/m0/s1. The van der Waals surface area contributed by atoms with Gasteiger partial charge in [0.15, 0.2) is 16.4 Å². The van der Waals surface area contributed by atoms with Crippen molar-refractivity contribution in [3.05, 3.63) is 0 Å². The molecule has 2 amide bonds. The molecular formula is C13H23N5O4S. The van der Waals surface area contributed by atoms with E-state index in [1.54, 1.807) is 0 Å². The molecule has 0 unspecified atom stereocenters. The van der Waals surface area contributed by atoms with Crippen molar-refractivity contribution in [3.63, 3.8) is 0 Å². The molecule has 9 nitrogen and oxygen atoms in total. The summed E-state index contributed by atoms with van der Waals surface area (Å²) in [5.74, 6) is -1.65. The van der Waals surface area contributed by atoms with Crippen molar-refractivity contribution in [2.75, 3.05) is 12.3 Å². The van der Waals surface area contributed by atoms with Gasteiger partial charge < -0.3 is 22.9 Å². The highest BCUT2D eigenvalue weighted by atomic mass is 32.2. The highest BCUT2D eigenvalue weighted by molar-refractivity contribution is 8.02. The predicted octanol–water partition coefficient (Wildman–Crippen LogP) is -2.66. The molecule has 0 aromatic carbocycles. The number of nitrogens with one attached hydrogen (secondary N) is 1. The van der Waals surface area contributed by atoms with Crippen LogP contribution in [0.3, 0.4) is 0 Å². The molecule has 0 saturated carbocycles. The van der Waals surface area contributed by atoms with Gasteiger partial charge in [0, 0.05) is 25.1 Å². The molecule has 0 aromatic rings. The number of ketones is 2. The molecule has 2 atom stereocenters. The average Bonchev–Trinajstić information content (AvgIpc) is 2.99. The van der Waals surface area contributed by atoms with Crippen LogP contribution in [0, 0.1) is 0 Å². The molecule has 1 aliphatic heterocycles. The minimum absolute atomic E-state index is 0.0461. The summed E-state index contributed by atoms with van der Waals surface area (Å²) in [5.41, 5.74) is 21.7. The quantitative estimate of drug-likeness (QED) is 0.265. The van der Waals surface area contributed by atoms with Gasteiger partial charge in [-0.15, -0.1) is 11.8 Å². The minimum atomic E-state index is -1.53. The summed E-state index contributed by atoms with van der Waals surface area (Å²) in [7, 11) is 0. The number of hydrogen-bond acceptors (Lipinski definition) is 8. The number of nitrogens with two attached hydrogens (primary N) is 4. The fourth-order valence-corrected chi connectivity index (χ4v) is 3.60. The average molecular weight is 345 g/mol. The molecule has 1 rings (SSSR count). The van der Waals surface area contributed by atoms with Gasteiger partial charge in [0.1, 0.15) is 0 Å². The fraction of sp³-hybridized carbons (Fsp3) is 0.692. The monoisotopic (exact) mass is 345 g/mol. The van der Waals surface area contributed by atoms with Gasteiger partial charge in [-0.05, 0) is 12.8 Å². The Hall–Kier alpha value is -1.49. The van der Waals surface area contributed by atoms with Crippen molar-refractivity contribution in [1.82, 2.24) is 5.32 Å². The van der Waals surface area contributed by atoms with E-state index in [-0.39, 0.29) is 25.7 Å². The van der Waals surface area contributed by atoms with Crippen LogP contribution in [-0.2, 0) is 19.2 Å². The lowest BCUT2D eigenvalue weighted by atomic mass is 9.92. The van der Waals surface area contributed by atoms with Crippen LogP contribution < -0.4 is 28.3 Å². The summed E-state index contributed by atoms with van der Waals surface area (Å²) in [4.78, 5) is 45.4. The van der Waals surface area contributed by atoms with Crippen LogP contribution in [0.25, 0.3) is 0 Å². The second kappa shape index (κ2) is 8.39. The number of rotatable bonds is 10. The molecule has 23 heavy (non-hydrogen) atoms. The first-order valence-corrected chi connectivity index (χ1v) is 8.24. The Labute approximate surface area is 138 Å². The summed E-state index contributed by atoms with van der Waals surface area (Å²) in [6.07, 6.45) is 0.0229. The molecule has 10 heteroatoms. The molecule has 1 saturated heterocycles. The number of carbonyl (C=O) groups is 4. The second-order valence-electron chi connectivity index (χ2n) is 5.41. The second-order valence-corrected chi connectivity index (χ2v) is 6.72. The summed E-state index contributed by atoms with van der Waals surface area (Å²) >= 11 is 1.13. The van der Waals surface area contributed by atoms with Gasteiger partial charge >= 0.3 is 0 Å². The van der Waals surface area contributed by atoms with E-state index in [0.717, 1.165) is 11.8 Å². The summed E-state index contributed by atoms with van der Waals surface area (Å²) in [5, 5.41) is 2.88. The van der Waals surface area contributed by atoms with E-state index in [2.05, 4.69) is 5.32 Å². The first kappa shape index (κ1) is 19.6. The SMILES string of the molecule is NC(=O)CC[C@H](N)C(=O)C1(C(=O)[C@@H](N)CCC(N)=O)NCCS1. The third kappa shape index (κ3) is 4.99. The van der Waals surface area contributed by atoms with Crippen molar-refractivity contribution < 1.29 is 19.2 Å². The maximum absolute atomic E-state index is 12.6. The Bertz CT molecular complexity index is 455. The molecule has 0 bridgehead atoms. The molecule has 1 fully saturated rings. The Balaban J connectivity index is 2.85. The molecular weight excluding hydrogens is 322 g/mol. The van der Waals surface area contributed by atoms with Gasteiger partial charge in [-0.25, -0.2) is 0 Å². The van der Waals surface area contributed by atoms with Gasteiger partial charge in [-0.2, -0.15) is 0 Å². The lowest BCUT2D eigenvalue weighted by molar-refractivity contribution is -0.133. The highest BCUT2D eigenvalue weighted by Gasteiger charge is 2.51. The van der Waals surface area contributed by atoms with Crippen LogP contribution in [0.5, 0.6) is 0 Å². The lowest BCUT2D eigenvalue weighted by Gasteiger charge is -2.30. The van der Waals surface area contributed by atoms with E-state index < -0.39 is 40.3 Å². The fourth-order valence-electron chi connectivity index (χ4n) is 2.30. The normalized spacial score (nSPS) is 19.0. The van der Waals surface area contributed by atoms with Gasteiger partial charge in [0.05, 0.1) is 12.1 Å². The first-order chi connectivity index (χ1) is 10.7. The number of carbonyl (C=O) groups excluding carboxylic acids is 4. The molecule has 130 valence electrons. The highest BCUT2D eigenvalue weighted by Crippen LogP contribution is 2.32. The maximum atomic E-state index is 12.6. The zero-order valence-corrected chi connectivity index (χ0v) is 13.6. The zero-order chi connectivity index (χ0) is 17.6. The number of primary amides is 2. The van der Waals surface area contributed by atoms with Crippen LogP contribution in [0.4, 0.5) is 0 Å². The molecule has 0 spiro atoms. The van der Waals surface area contributed by atoms with Gasteiger partial charge in [0.2, 0.25) is 11.8 Å². The molecule has 0 radical (unpaired) electrons. The summed E-state index contributed by atoms with van der Waals surface area (Å²) < 4.78 is 0. The van der Waals surface area contributed by atoms with E-state index in [1.165, 1.54) is 0 Å². The topological polar surface area (TPSA) is 184 Å². The molecule has 1 heterocycles. The van der Waals surface area contributed by atoms with Crippen LogP contribution in [-0.4, -0.2) is 52.6 Å². The summed E-state index contributed by atoms with van der Waals surface area (Å²) in [6, 6.07) is -2.01. The number of thioether (sulfide) groups is 1. The predicted molar refractivity (Wildman–Crippen MR) is 86.0 cm³/mol. The molecule has 0 aromatic heterocycles. The van der Waals surface area contributed by atoms with Crippen molar-refractivity contribution in [3.8, 4) is 0 Å². The van der Waals surface area contributed by atoms with Gasteiger partial charge in [-0.3, -0.25) is 24.5 Å². The van der Waals surface area contributed by atoms with Crippen LogP contribution >= 0.6 is 11.8 Å². The van der Waals surface area contributed by atoms with Crippen LogP contribution in [0.2, 0.25) is 0 Å². The third-order valence-corrected chi connectivity index (χ3v) is 4.95. The van der Waals surface area contributed by atoms with E-state index in [4.69, 9.17) is 22.9 Å². The zero-order valence-electron chi connectivity index (χ0n) is 12.7. The van der Waals surface area contributed by atoms with Crippen molar-refractivity contribution >= 4 is 35.1 Å². The Morgan fingerprint density at radius 3 is 1.70 bits per heavy atom. The minimum Gasteiger partial charge on any atom is -0.370 e.